The monoisotopic (exact) mass is 520 g/mol. The van der Waals surface area contributed by atoms with E-state index in [1.54, 1.807) is 43.3 Å². The lowest BCUT2D eigenvalue weighted by atomic mass is 10.2. The van der Waals surface area contributed by atoms with Gasteiger partial charge in [0.25, 0.3) is 17.7 Å². The Hall–Kier alpha value is -2.77. The lowest BCUT2D eigenvalue weighted by Gasteiger charge is -2.15. The third-order valence-electron chi connectivity index (χ3n) is 5.19. The van der Waals surface area contributed by atoms with E-state index in [0.717, 1.165) is 5.75 Å². The molecule has 0 fully saturated rings. The first kappa shape index (κ1) is 24.4. The maximum Gasteiger partial charge on any atom is 0.274 e. The van der Waals surface area contributed by atoms with Crippen LogP contribution in [0.15, 0.2) is 15.2 Å². The van der Waals surface area contributed by atoms with Gasteiger partial charge < -0.3 is 20.4 Å². The van der Waals surface area contributed by atoms with Gasteiger partial charge in [0.15, 0.2) is 5.69 Å². The molecular formula is C21H24N6O4S3. The molecular weight excluding hydrogens is 496 g/mol. The van der Waals surface area contributed by atoms with Crippen molar-refractivity contribution in [1.82, 2.24) is 30.9 Å². The first-order valence-corrected chi connectivity index (χ1v) is 13.7. The Morgan fingerprint density at radius 3 is 2.24 bits per heavy atom. The van der Waals surface area contributed by atoms with Gasteiger partial charge >= 0.3 is 0 Å². The van der Waals surface area contributed by atoms with Gasteiger partial charge in [0.1, 0.15) is 33.2 Å². The molecule has 4 heterocycles. The Labute approximate surface area is 208 Å². The van der Waals surface area contributed by atoms with Gasteiger partial charge in [-0.2, -0.15) is 11.8 Å². The number of thiazole rings is 2. The number of thioether (sulfide) groups is 1. The highest BCUT2D eigenvalue weighted by Crippen LogP contribution is 2.26. The van der Waals surface area contributed by atoms with Crippen LogP contribution in [0, 0.1) is 6.92 Å². The minimum atomic E-state index is -0.581. The number of amides is 3. The Bertz CT molecular complexity index is 1220. The Morgan fingerprint density at radius 1 is 0.912 bits per heavy atom. The highest BCUT2D eigenvalue weighted by Gasteiger charge is 2.27. The molecule has 3 atom stereocenters. The largest absolute Gasteiger partial charge is 0.443 e. The van der Waals surface area contributed by atoms with Crippen molar-refractivity contribution in [1.29, 1.82) is 0 Å². The normalized spacial score (nSPS) is 21.3. The molecule has 0 saturated carbocycles. The maximum atomic E-state index is 12.9. The summed E-state index contributed by atoms with van der Waals surface area (Å²) >= 11 is 4.27. The summed E-state index contributed by atoms with van der Waals surface area (Å²) in [5.74, 6) is 0.209. The number of carbonyl (C=O) groups excluding carboxylic acids is 3. The minimum absolute atomic E-state index is 0.131. The number of oxazole rings is 1. The number of nitrogens with one attached hydrogen (secondary N) is 3. The number of carbonyl (C=O) groups is 3. The zero-order valence-corrected chi connectivity index (χ0v) is 21.4. The fourth-order valence-electron chi connectivity index (χ4n) is 3.34. The molecule has 0 radical (unpaired) electrons. The smallest absolute Gasteiger partial charge is 0.274 e. The van der Waals surface area contributed by atoms with Crippen LogP contribution in [0.1, 0.15) is 91.5 Å². The van der Waals surface area contributed by atoms with Crippen molar-refractivity contribution in [2.75, 3.05) is 12.0 Å². The number of hydrogen-bond donors (Lipinski definition) is 3. The SMILES string of the molecule is CSCC[C@H]1NC(=O)c2csc(n2)[C@@H](C)NC(=O)c2nc(oc2C)[C@H](C)NC(=O)c2csc1n2. The van der Waals surface area contributed by atoms with Crippen LogP contribution in [0.5, 0.6) is 0 Å². The average molecular weight is 521 g/mol. The fraction of sp³-hybridized carbons (Fsp3) is 0.429. The maximum absolute atomic E-state index is 12.9. The molecule has 34 heavy (non-hydrogen) atoms. The summed E-state index contributed by atoms with van der Waals surface area (Å²) < 4.78 is 5.66. The number of hydrogen-bond acceptors (Lipinski definition) is 10. The summed E-state index contributed by atoms with van der Waals surface area (Å²) in [7, 11) is 0. The van der Waals surface area contributed by atoms with Crippen molar-refractivity contribution < 1.29 is 18.8 Å². The lowest BCUT2D eigenvalue weighted by Crippen LogP contribution is -2.31. The molecule has 0 aliphatic carbocycles. The molecule has 180 valence electrons. The van der Waals surface area contributed by atoms with E-state index in [1.807, 2.05) is 6.26 Å². The van der Waals surface area contributed by atoms with Gasteiger partial charge in [-0.05, 0) is 39.2 Å². The summed E-state index contributed by atoms with van der Waals surface area (Å²) in [6, 6.07) is -1.38. The molecule has 0 unspecified atom stereocenters. The van der Waals surface area contributed by atoms with Gasteiger partial charge in [-0.15, -0.1) is 22.7 Å². The second kappa shape index (κ2) is 10.2. The summed E-state index contributed by atoms with van der Waals surface area (Å²) in [6.07, 6.45) is 2.64. The Balaban J connectivity index is 1.71. The van der Waals surface area contributed by atoms with Gasteiger partial charge in [-0.3, -0.25) is 14.4 Å². The van der Waals surface area contributed by atoms with Gasteiger partial charge in [0.05, 0.1) is 12.1 Å². The molecule has 3 aromatic heterocycles. The van der Waals surface area contributed by atoms with Crippen LogP contribution in [0.3, 0.4) is 0 Å². The molecule has 0 spiro atoms. The molecule has 3 N–H and O–H groups in total. The number of fused-ring (bicyclic) bond motifs is 6. The molecule has 1 aliphatic heterocycles. The van der Waals surface area contributed by atoms with Gasteiger partial charge in [-0.25, -0.2) is 15.0 Å². The molecule has 6 bridgehead atoms. The molecule has 1 aliphatic rings. The Morgan fingerprint density at radius 2 is 1.53 bits per heavy atom. The van der Waals surface area contributed by atoms with Crippen LogP contribution in [-0.4, -0.2) is 44.7 Å². The average Bonchev–Trinajstić information content (AvgIpc) is 3.55. The van der Waals surface area contributed by atoms with Gasteiger partial charge in [-0.1, -0.05) is 0 Å². The second-order valence-corrected chi connectivity index (χ2v) is 10.6. The first-order valence-electron chi connectivity index (χ1n) is 10.6. The lowest BCUT2D eigenvalue weighted by molar-refractivity contribution is 0.0924. The van der Waals surface area contributed by atoms with Crippen molar-refractivity contribution in [3.8, 4) is 0 Å². The van der Waals surface area contributed by atoms with Crippen molar-refractivity contribution >= 4 is 52.2 Å². The summed E-state index contributed by atoms with van der Waals surface area (Å²) in [5.41, 5.74) is 0.633. The van der Waals surface area contributed by atoms with E-state index in [0.29, 0.717) is 22.2 Å². The van der Waals surface area contributed by atoms with E-state index in [9.17, 15) is 14.4 Å². The molecule has 0 saturated heterocycles. The van der Waals surface area contributed by atoms with Crippen LogP contribution in [0.2, 0.25) is 0 Å². The standard InChI is InChI=1S/C21H24N6O4S3/c1-9-19-27-15(11(3)31-19)18(30)23-10(2)20-25-14(7-33-20)17(29)24-12(5-6-32-4)21-26-13(8-34-21)16(28)22-9/h7-10,12H,5-6H2,1-4H3,(H,22,28)(H,23,30)(H,24,29)/t9-,10+,12+/m0/s1. The third kappa shape index (κ3) is 5.15. The summed E-state index contributed by atoms with van der Waals surface area (Å²) in [4.78, 5) is 51.8. The fourth-order valence-corrected chi connectivity index (χ4v) is 5.50. The van der Waals surface area contributed by atoms with E-state index >= 15 is 0 Å². The highest BCUT2D eigenvalue weighted by atomic mass is 32.2. The number of aromatic nitrogens is 3. The van der Waals surface area contributed by atoms with E-state index in [-0.39, 0.29) is 34.9 Å². The van der Waals surface area contributed by atoms with Crippen LogP contribution >= 0.6 is 34.4 Å². The van der Waals surface area contributed by atoms with Crippen LogP contribution in [0.25, 0.3) is 0 Å². The van der Waals surface area contributed by atoms with E-state index in [1.165, 1.54) is 22.7 Å². The quantitative estimate of drug-likeness (QED) is 0.477. The van der Waals surface area contributed by atoms with Crippen LogP contribution in [-0.2, 0) is 0 Å². The highest BCUT2D eigenvalue weighted by molar-refractivity contribution is 7.98. The predicted octanol–water partition coefficient (Wildman–Crippen LogP) is 3.42. The molecule has 3 aromatic rings. The minimum Gasteiger partial charge on any atom is -0.443 e. The molecule has 4 rings (SSSR count). The summed E-state index contributed by atoms with van der Waals surface area (Å²) in [6.45, 7) is 5.15. The number of aryl methyl sites for hydroxylation is 1. The number of rotatable bonds is 3. The zero-order chi connectivity index (χ0) is 24.4. The van der Waals surface area contributed by atoms with Gasteiger partial charge in [0.2, 0.25) is 5.89 Å². The van der Waals surface area contributed by atoms with Crippen molar-refractivity contribution in [2.24, 2.45) is 0 Å². The predicted molar refractivity (Wildman–Crippen MR) is 130 cm³/mol. The third-order valence-corrected chi connectivity index (χ3v) is 7.82. The van der Waals surface area contributed by atoms with E-state index in [4.69, 9.17) is 4.42 Å². The zero-order valence-electron chi connectivity index (χ0n) is 19.0. The van der Waals surface area contributed by atoms with Gasteiger partial charge in [0, 0.05) is 10.8 Å². The van der Waals surface area contributed by atoms with Crippen molar-refractivity contribution in [2.45, 2.75) is 45.3 Å². The molecule has 10 nitrogen and oxygen atoms in total. The molecule has 13 heteroatoms. The first-order chi connectivity index (χ1) is 16.3. The van der Waals surface area contributed by atoms with Crippen molar-refractivity contribution in [3.63, 3.8) is 0 Å². The van der Waals surface area contributed by atoms with E-state index in [2.05, 4.69) is 30.9 Å². The molecule has 0 aromatic carbocycles. The summed E-state index contributed by atoms with van der Waals surface area (Å²) in [5, 5.41) is 13.2. The Kier molecular flexibility index (Phi) is 7.33. The van der Waals surface area contributed by atoms with Crippen LogP contribution < -0.4 is 16.0 Å². The molecule has 3 amide bonds. The second-order valence-electron chi connectivity index (χ2n) is 7.80. The topological polar surface area (TPSA) is 139 Å². The number of nitrogens with zero attached hydrogens (tertiary/aromatic N) is 3. The van der Waals surface area contributed by atoms with Crippen LogP contribution in [0.4, 0.5) is 0 Å². The van der Waals surface area contributed by atoms with Crippen molar-refractivity contribution in [3.05, 3.63) is 49.5 Å². The van der Waals surface area contributed by atoms with E-state index < -0.39 is 23.9 Å².